The molecule has 0 saturated heterocycles. The normalized spacial score (nSPS) is 12.1. The van der Waals surface area contributed by atoms with Crippen LogP contribution in [0, 0.1) is 0 Å². The molecule has 6 heteroatoms. The minimum atomic E-state index is -1.16. The summed E-state index contributed by atoms with van der Waals surface area (Å²) in [6.07, 6.45) is 10.5. The van der Waals surface area contributed by atoms with E-state index >= 15 is 0 Å². The maximum absolute atomic E-state index is 12.8. The minimum absolute atomic E-state index is 0.0197. The van der Waals surface area contributed by atoms with E-state index in [4.69, 9.17) is 4.74 Å². The highest BCUT2D eigenvalue weighted by Crippen LogP contribution is 2.24. The van der Waals surface area contributed by atoms with Crippen LogP contribution in [0.1, 0.15) is 49.9 Å². The number of allylic oxidation sites excluding steroid dienone is 1. The van der Waals surface area contributed by atoms with Crippen LogP contribution in [0.5, 0.6) is 5.75 Å². The van der Waals surface area contributed by atoms with Crippen molar-refractivity contribution in [1.29, 1.82) is 0 Å². The largest absolute Gasteiger partial charge is 0.494 e. The molecule has 0 bridgehead atoms. The molecule has 3 aromatic carbocycles. The van der Waals surface area contributed by atoms with Gasteiger partial charge in [-0.15, -0.1) is 0 Å². The van der Waals surface area contributed by atoms with Crippen molar-refractivity contribution in [2.24, 2.45) is 0 Å². The number of rotatable bonds is 14. The molecule has 0 aliphatic carbocycles. The van der Waals surface area contributed by atoms with Crippen molar-refractivity contribution < 1.29 is 13.7 Å². The van der Waals surface area contributed by atoms with Gasteiger partial charge in [-0.2, -0.15) is 0 Å². The zero-order valence-corrected chi connectivity index (χ0v) is 23.5. The fourth-order valence-corrected chi connectivity index (χ4v) is 5.35. The molecule has 1 heterocycles. The second-order valence-corrected chi connectivity index (χ2v) is 11.0. The van der Waals surface area contributed by atoms with Crippen molar-refractivity contribution in [3.05, 3.63) is 108 Å². The highest BCUT2D eigenvalue weighted by Gasteiger charge is 2.10. The Balaban J connectivity index is 1.32. The quantitative estimate of drug-likeness (QED) is 0.125. The average Bonchev–Trinajstić information content (AvgIpc) is 3.39. The molecule has 4 rings (SSSR count). The van der Waals surface area contributed by atoms with E-state index < -0.39 is 10.8 Å². The zero-order chi connectivity index (χ0) is 27.5. The van der Waals surface area contributed by atoms with Crippen LogP contribution in [0.15, 0.2) is 96.3 Å². The Morgan fingerprint density at radius 2 is 1.77 bits per heavy atom. The number of unbranched alkanes of at least 4 members (excludes halogenated alkanes) is 1. The van der Waals surface area contributed by atoms with Crippen LogP contribution in [0.3, 0.4) is 0 Å². The Morgan fingerprint density at radius 3 is 2.51 bits per heavy atom. The Labute approximate surface area is 234 Å². The Morgan fingerprint density at radius 1 is 0.974 bits per heavy atom. The molecule has 0 radical (unpaired) electrons. The van der Waals surface area contributed by atoms with Crippen LogP contribution < -0.4 is 4.74 Å². The summed E-state index contributed by atoms with van der Waals surface area (Å²) in [5, 5.41) is 0. The van der Waals surface area contributed by atoms with Crippen LogP contribution in [0.4, 0.5) is 0 Å². The number of ketones is 1. The second-order valence-electron chi connectivity index (χ2n) is 9.54. The average molecular weight is 541 g/mol. The smallest absolute Gasteiger partial charge is 0.160 e. The van der Waals surface area contributed by atoms with Crippen molar-refractivity contribution in [2.75, 3.05) is 6.61 Å². The fraction of sp³-hybridized carbons (Fsp3) is 0.273. The van der Waals surface area contributed by atoms with Crippen LogP contribution in [0.25, 0.3) is 17.2 Å². The molecule has 1 atom stereocenters. The Hall–Kier alpha value is -3.77. The first-order valence-electron chi connectivity index (χ1n) is 13.6. The highest BCUT2D eigenvalue weighted by atomic mass is 32.2. The summed E-state index contributed by atoms with van der Waals surface area (Å²) >= 11 is 0. The molecule has 0 aliphatic heterocycles. The molecule has 0 spiro atoms. The van der Waals surface area contributed by atoms with Gasteiger partial charge in [0.1, 0.15) is 5.75 Å². The summed E-state index contributed by atoms with van der Waals surface area (Å²) in [6.45, 7) is 5.86. The number of benzene rings is 3. The summed E-state index contributed by atoms with van der Waals surface area (Å²) in [5.41, 5.74) is 5.03. The lowest BCUT2D eigenvalue weighted by atomic mass is 10.0. The first-order chi connectivity index (χ1) is 19.1. The number of carbonyl (C=O) groups excluding carboxylic acids is 1. The van der Waals surface area contributed by atoms with Gasteiger partial charge in [0.05, 0.1) is 35.2 Å². The van der Waals surface area contributed by atoms with Crippen LogP contribution in [-0.4, -0.2) is 26.2 Å². The molecule has 0 aliphatic rings. The van der Waals surface area contributed by atoms with Gasteiger partial charge in [-0.25, -0.2) is 4.98 Å². The topological polar surface area (TPSA) is 61.2 Å². The molecule has 4 aromatic rings. The van der Waals surface area contributed by atoms with Gasteiger partial charge >= 0.3 is 0 Å². The molecule has 0 saturated carbocycles. The summed E-state index contributed by atoms with van der Waals surface area (Å²) < 4.78 is 20.7. The third kappa shape index (κ3) is 8.36. The third-order valence-corrected chi connectivity index (χ3v) is 7.77. The predicted octanol–water partition coefficient (Wildman–Crippen LogP) is 7.27. The molecule has 0 amide bonds. The van der Waals surface area contributed by atoms with Crippen LogP contribution in [0.2, 0.25) is 0 Å². The molecular weight excluding hydrogens is 504 g/mol. The SMILES string of the molecule is CCCCOc1ccc(-c2cccc(/C=C/C(=O)Cc3ccc([S@](=O)Cc4cncn4CCC)cc3)c2)cc1. The first kappa shape index (κ1) is 28.2. The van der Waals surface area contributed by atoms with Crippen molar-refractivity contribution >= 4 is 22.7 Å². The van der Waals surface area contributed by atoms with E-state index in [9.17, 15) is 9.00 Å². The zero-order valence-electron chi connectivity index (χ0n) is 22.7. The fourth-order valence-electron chi connectivity index (χ4n) is 4.24. The van der Waals surface area contributed by atoms with E-state index in [2.05, 4.69) is 43.1 Å². The van der Waals surface area contributed by atoms with Gasteiger partial charge in [-0.05, 0) is 71.5 Å². The van der Waals surface area contributed by atoms with Crippen molar-refractivity contribution in [1.82, 2.24) is 9.55 Å². The van der Waals surface area contributed by atoms with Gasteiger partial charge in [-0.3, -0.25) is 9.00 Å². The summed E-state index contributed by atoms with van der Waals surface area (Å²) in [7, 11) is -1.16. The number of hydrogen-bond donors (Lipinski definition) is 0. The molecule has 0 N–H and O–H groups in total. The lowest BCUT2D eigenvalue weighted by molar-refractivity contribution is -0.113. The van der Waals surface area contributed by atoms with Gasteiger partial charge in [-0.1, -0.05) is 68.8 Å². The lowest BCUT2D eigenvalue weighted by Crippen LogP contribution is -2.05. The number of aromatic nitrogens is 2. The summed E-state index contributed by atoms with van der Waals surface area (Å²) in [6, 6.07) is 23.7. The highest BCUT2D eigenvalue weighted by molar-refractivity contribution is 7.84. The van der Waals surface area contributed by atoms with E-state index in [1.807, 2.05) is 59.2 Å². The van der Waals surface area contributed by atoms with Crippen molar-refractivity contribution in [3.63, 3.8) is 0 Å². The number of ether oxygens (including phenoxy) is 1. The number of hydrogen-bond acceptors (Lipinski definition) is 4. The summed E-state index contributed by atoms with van der Waals surface area (Å²) in [5.74, 6) is 1.33. The number of imidazole rings is 1. The maximum atomic E-state index is 12.8. The van der Waals surface area contributed by atoms with Gasteiger partial charge in [0.2, 0.25) is 0 Å². The molecule has 202 valence electrons. The molecule has 39 heavy (non-hydrogen) atoms. The number of carbonyl (C=O) groups is 1. The molecule has 0 unspecified atom stereocenters. The lowest BCUT2D eigenvalue weighted by Gasteiger charge is -2.07. The van der Waals surface area contributed by atoms with Crippen LogP contribution in [-0.2, 0) is 34.3 Å². The van der Waals surface area contributed by atoms with E-state index in [1.54, 1.807) is 18.6 Å². The maximum Gasteiger partial charge on any atom is 0.160 e. The van der Waals surface area contributed by atoms with E-state index in [0.29, 0.717) is 12.2 Å². The molecule has 1 aromatic heterocycles. The van der Waals surface area contributed by atoms with Crippen LogP contribution >= 0.6 is 0 Å². The molecular formula is C33H36N2O3S. The molecule has 0 fully saturated rings. The third-order valence-electron chi connectivity index (χ3n) is 6.41. The minimum Gasteiger partial charge on any atom is -0.494 e. The number of aryl methyl sites for hydroxylation is 1. The van der Waals surface area contributed by atoms with Gasteiger partial charge in [0.25, 0.3) is 0 Å². The van der Waals surface area contributed by atoms with E-state index in [0.717, 1.165) is 71.0 Å². The first-order valence-corrected chi connectivity index (χ1v) is 14.9. The monoisotopic (exact) mass is 540 g/mol. The molecule has 5 nitrogen and oxygen atoms in total. The predicted molar refractivity (Wildman–Crippen MR) is 159 cm³/mol. The van der Waals surface area contributed by atoms with E-state index in [-0.39, 0.29) is 5.78 Å². The Kier molecular flexibility index (Phi) is 10.4. The second kappa shape index (κ2) is 14.4. The standard InChI is InChI=1S/C33H36N2O3S/c1-3-5-20-38-32-15-12-28(13-16-32)29-8-6-7-26(21-29)9-14-31(36)22-27-10-17-33(18-11-27)39(37)24-30-23-34-25-35(30)19-4-2/h6-18,21,23,25H,3-5,19-20,22,24H2,1-2H3/b14-9+/t39-/m1/s1. The van der Waals surface area contributed by atoms with Crippen molar-refractivity contribution in [3.8, 4) is 16.9 Å². The van der Waals surface area contributed by atoms with Crippen molar-refractivity contribution in [2.45, 2.75) is 56.7 Å². The summed E-state index contributed by atoms with van der Waals surface area (Å²) in [4.78, 5) is 17.6. The van der Waals surface area contributed by atoms with Gasteiger partial charge in [0, 0.05) is 24.1 Å². The van der Waals surface area contributed by atoms with E-state index in [1.165, 1.54) is 0 Å². The van der Waals surface area contributed by atoms with Gasteiger partial charge < -0.3 is 9.30 Å². The number of nitrogens with zero attached hydrogens (tertiary/aromatic N) is 2. The Bertz CT molecular complexity index is 1410. The van der Waals surface area contributed by atoms with Gasteiger partial charge in [0.15, 0.2) is 5.78 Å².